The van der Waals surface area contributed by atoms with Crippen molar-refractivity contribution in [1.29, 1.82) is 0 Å². The maximum absolute atomic E-state index is 11.7. The van der Waals surface area contributed by atoms with Gasteiger partial charge >= 0.3 is 0 Å². The molecule has 0 fully saturated rings. The molecular weight excluding hydrogens is 320 g/mol. The topological polar surface area (TPSA) is 54.3 Å². The van der Waals surface area contributed by atoms with Gasteiger partial charge in [-0.1, -0.05) is 19.9 Å². The zero-order valence-electron chi connectivity index (χ0n) is 11.4. The number of furan rings is 1. The van der Waals surface area contributed by atoms with Crippen LogP contribution < -0.4 is 10.6 Å². The van der Waals surface area contributed by atoms with Crippen LogP contribution in [-0.2, 0) is 11.3 Å². The highest BCUT2D eigenvalue weighted by Crippen LogP contribution is 2.18. The molecule has 1 aromatic carbocycles. The molecule has 0 aliphatic carbocycles. The lowest BCUT2D eigenvalue weighted by Gasteiger charge is -2.10. The van der Waals surface area contributed by atoms with Gasteiger partial charge in [0.1, 0.15) is 5.76 Å². The van der Waals surface area contributed by atoms with Crippen molar-refractivity contribution in [3.8, 4) is 0 Å². The summed E-state index contributed by atoms with van der Waals surface area (Å²) in [5.41, 5.74) is 1.72. The van der Waals surface area contributed by atoms with Gasteiger partial charge in [0, 0.05) is 17.3 Å². The Morgan fingerprint density at radius 2 is 2.00 bits per heavy atom. The summed E-state index contributed by atoms with van der Waals surface area (Å²) in [5, 5.41) is 6.13. The molecule has 0 saturated heterocycles. The average molecular weight is 337 g/mol. The average Bonchev–Trinajstić information content (AvgIpc) is 2.82. The van der Waals surface area contributed by atoms with Crippen LogP contribution in [0.15, 0.2) is 45.5 Å². The van der Waals surface area contributed by atoms with Gasteiger partial charge in [-0.05, 0) is 46.3 Å². The van der Waals surface area contributed by atoms with Crippen LogP contribution in [0, 0.1) is 5.92 Å². The third kappa shape index (κ3) is 4.13. The summed E-state index contributed by atoms with van der Waals surface area (Å²) >= 11 is 3.27. The van der Waals surface area contributed by atoms with E-state index in [-0.39, 0.29) is 11.8 Å². The summed E-state index contributed by atoms with van der Waals surface area (Å²) in [4.78, 5) is 11.7. The first-order chi connectivity index (χ1) is 9.54. The fraction of sp³-hybridized carbons (Fsp3) is 0.267. The number of amides is 1. The zero-order chi connectivity index (χ0) is 14.5. The van der Waals surface area contributed by atoms with Crippen molar-refractivity contribution in [2.24, 2.45) is 5.92 Å². The molecular formula is C15H17BrN2O2. The zero-order valence-corrected chi connectivity index (χ0v) is 13.0. The molecule has 20 heavy (non-hydrogen) atoms. The molecule has 0 atom stereocenters. The molecule has 106 valence electrons. The summed E-state index contributed by atoms with van der Waals surface area (Å²) in [5.74, 6) is 0.817. The highest BCUT2D eigenvalue weighted by molar-refractivity contribution is 9.10. The van der Waals surface area contributed by atoms with E-state index < -0.39 is 0 Å². The first kappa shape index (κ1) is 14.7. The third-order valence-electron chi connectivity index (χ3n) is 2.75. The van der Waals surface area contributed by atoms with E-state index in [1.54, 1.807) is 0 Å². The van der Waals surface area contributed by atoms with E-state index >= 15 is 0 Å². The maximum Gasteiger partial charge on any atom is 0.226 e. The fourth-order valence-electron chi connectivity index (χ4n) is 1.63. The van der Waals surface area contributed by atoms with Crippen LogP contribution in [0.5, 0.6) is 0 Å². The molecule has 5 heteroatoms. The van der Waals surface area contributed by atoms with E-state index in [0.717, 1.165) is 17.1 Å². The molecule has 2 rings (SSSR count). The van der Waals surface area contributed by atoms with E-state index in [4.69, 9.17) is 4.42 Å². The van der Waals surface area contributed by atoms with Crippen molar-refractivity contribution in [3.05, 3.63) is 46.8 Å². The minimum absolute atomic E-state index is 0.0112. The van der Waals surface area contributed by atoms with Gasteiger partial charge < -0.3 is 15.1 Å². The highest BCUT2D eigenvalue weighted by Gasteiger charge is 2.07. The number of hydrogen-bond donors (Lipinski definition) is 2. The maximum atomic E-state index is 11.7. The lowest BCUT2D eigenvalue weighted by molar-refractivity contribution is -0.118. The second kappa shape index (κ2) is 6.61. The predicted molar refractivity (Wildman–Crippen MR) is 83.6 cm³/mol. The second-order valence-electron chi connectivity index (χ2n) is 4.78. The molecule has 2 aromatic rings. The Hall–Kier alpha value is -1.75. The minimum Gasteiger partial charge on any atom is -0.452 e. The van der Waals surface area contributed by atoms with Crippen LogP contribution in [0.1, 0.15) is 19.6 Å². The molecule has 0 bridgehead atoms. The van der Waals surface area contributed by atoms with Crippen molar-refractivity contribution < 1.29 is 9.21 Å². The number of nitrogens with one attached hydrogen (secondary N) is 2. The van der Waals surface area contributed by atoms with Gasteiger partial charge in [0.15, 0.2) is 4.67 Å². The number of hydrogen-bond acceptors (Lipinski definition) is 3. The highest BCUT2D eigenvalue weighted by atomic mass is 79.9. The quantitative estimate of drug-likeness (QED) is 0.858. The Morgan fingerprint density at radius 3 is 2.65 bits per heavy atom. The number of halogens is 1. The first-order valence-electron chi connectivity index (χ1n) is 6.43. The van der Waals surface area contributed by atoms with Crippen LogP contribution in [0.2, 0.25) is 0 Å². The van der Waals surface area contributed by atoms with Crippen molar-refractivity contribution in [3.63, 3.8) is 0 Å². The van der Waals surface area contributed by atoms with Crippen LogP contribution in [0.25, 0.3) is 0 Å². The van der Waals surface area contributed by atoms with Crippen molar-refractivity contribution in [2.45, 2.75) is 20.4 Å². The fourth-order valence-corrected chi connectivity index (χ4v) is 1.97. The monoisotopic (exact) mass is 336 g/mol. The Balaban J connectivity index is 1.97. The number of rotatable bonds is 5. The van der Waals surface area contributed by atoms with Crippen LogP contribution in [0.4, 0.5) is 11.4 Å². The van der Waals surface area contributed by atoms with Crippen molar-refractivity contribution in [2.75, 3.05) is 10.6 Å². The Morgan fingerprint density at radius 1 is 1.25 bits per heavy atom. The predicted octanol–water partition coefficient (Wildman–Crippen LogP) is 4.25. The molecule has 4 nitrogen and oxygen atoms in total. The summed E-state index contributed by atoms with van der Waals surface area (Å²) in [6.45, 7) is 4.32. The van der Waals surface area contributed by atoms with E-state index in [1.807, 2.05) is 50.2 Å². The molecule has 1 heterocycles. The lowest BCUT2D eigenvalue weighted by atomic mass is 10.2. The van der Waals surface area contributed by atoms with Crippen molar-refractivity contribution in [1.82, 2.24) is 0 Å². The molecule has 1 aromatic heterocycles. The van der Waals surface area contributed by atoms with Gasteiger partial charge in [-0.25, -0.2) is 0 Å². The van der Waals surface area contributed by atoms with Gasteiger partial charge in [-0.3, -0.25) is 4.79 Å². The van der Waals surface area contributed by atoms with Gasteiger partial charge in [0.25, 0.3) is 0 Å². The van der Waals surface area contributed by atoms with Gasteiger partial charge in [0.05, 0.1) is 6.54 Å². The van der Waals surface area contributed by atoms with Gasteiger partial charge in [-0.15, -0.1) is 0 Å². The van der Waals surface area contributed by atoms with Crippen LogP contribution >= 0.6 is 15.9 Å². The summed E-state index contributed by atoms with van der Waals surface area (Å²) in [6, 6.07) is 11.4. The minimum atomic E-state index is -0.0351. The molecule has 0 saturated carbocycles. The summed E-state index contributed by atoms with van der Waals surface area (Å²) in [6.07, 6.45) is 0. The molecule has 0 aliphatic rings. The molecule has 0 aliphatic heterocycles. The normalized spacial score (nSPS) is 10.6. The Bertz CT molecular complexity index is 593. The van der Waals surface area contributed by atoms with Gasteiger partial charge in [0.2, 0.25) is 5.91 Å². The lowest BCUT2D eigenvalue weighted by Crippen LogP contribution is -2.17. The molecule has 2 N–H and O–H groups in total. The molecule has 1 amide bonds. The molecule has 0 radical (unpaired) electrons. The number of carbonyl (C=O) groups is 1. The number of carbonyl (C=O) groups excluding carboxylic acids is 1. The Labute approximate surface area is 126 Å². The summed E-state index contributed by atoms with van der Waals surface area (Å²) < 4.78 is 6.13. The van der Waals surface area contributed by atoms with Crippen LogP contribution in [0.3, 0.4) is 0 Å². The van der Waals surface area contributed by atoms with Gasteiger partial charge in [-0.2, -0.15) is 0 Å². The first-order valence-corrected chi connectivity index (χ1v) is 7.23. The van der Waals surface area contributed by atoms with E-state index in [2.05, 4.69) is 26.6 Å². The largest absolute Gasteiger partial charge is 0.452 e. The molecule has 0 unspecified atom stereocenters. The number of anilines is 2. The van der Waals surface area contributed by atoms with E-state index in [0.29, 0.717) is 11.2 Å². The standard InChI is InChI=1S/C15H17BrN2O2/c1-10(2)15(19)18-12-5-3-4-11(8-12)17-9-13-6-7-14(16)20-13/h3-8,10,17H,9H2,1-2H3,(H,18,19). The second-order valence-corrected chi connectivity index (χ2v) is 5.57. The van der Waals surface area contributed by atoms with E-state index in [1.165, 1.54) is 0 Å². The van der Waals surface area contributed by atoms with Crippen LogP contribution in [-0.4, -0.2) is 5.91 Å². The van der Waals surface area contributed by atoms with Crippen molar-refractivity contribution >= 4 is 33.2 Å². The Kier molecular flexibility index (Phi) is 4.84. The SMILES string of the molecule is CC(C)C(=O)Nc1cccc(NCc2ccc(Br)o2)c1. The summed E-state index contributed by atoms with van der Waals surface area (Å²) in [7, 11) is 0. The smallest absolute Gasteiger partial charge is 0.226 e. The third-order valence-corrected chi connectivity index (χ3v) is 3.18. The number of benzene rings is 1. The van der Waals surface area contributed by atoms with E-state index in [9.17, 15) is 4.79 Å². The molecule has 0 spiro atoms.